The number of nitrogens with zero attached hydrogens (tertiary/aromatic N) is 4. The van der Waals surface area contributed by atoms with Crippen molar-refractivity contribution < 1.29 is 4.42 Å². The van der Waals surface area contributed by atoms with E-state index in [1.807, 2.05) is 66.7 Å². The van der Waals surface area contributed by atoms with E-state index in [0.717, 1.165) is 72.3 Å². The number of fused-ring (bicyclic) bond motifs is 10. The van der Waals surface area contributed by atoms with Gasteiger partial charge in [0.25, 0.3) is 5.56 Å². The molecule has 0 saturated heterocycles. The van der Waals surface area contributed by atoms with E-state index < -0.39 is 0 Å². The van der Waals surface area contributed by atoms with Crippen molar-refractivity contribution in [3.63, 3.8) is 0 Å². The van der Waals surface area contributed by atoms with Crippen LogP contribution in [0.25, 0.3) is 127 Å². The zero-order valence-electron chi connectivity index (χ0n) is 36.5. The average Bonchev–Trinajstić information content (AvgIpc) is 4.05. The van der Waals surface area contributed by atoms with Crippen LogP contribution in [0.15, 0.2) is 240 Å². The van der Waals surface area contributed by atoms with Crippen molar-refractivity contribution in [2.75, 3.05) is 0 Å². The van der Waals surface area contributed by atoms with Crippen LogP contribution in [0.3, 0.4) is 0 Å². The van der Waals surface area contributed by atoms with Gasteiger partial charge in [-0.15, -0.1) is 0 Å². The third kappa shape index (κ3) is 5.84. The molecular formula is C62H38N4O2. The number of furan rings is 1. The summed E-state index contributed by atoms with van der Waals surface area (Å²) in [5.74, 6) is 0.575. The van der Waals surface area contributed by atoms with E-state index in [2.05, 4.69) is 173 Å². The first-order valence-corrected chi connectivity index (χ1v) is 22.9. The highest BCUT2D eigenvalue weighted by Gasteiger charge is 2.20. The summed E-state index contributed by atoms with van der Waals surface area (Å²) in [4.78, 5) is 19.2. The van der Waals surface area contributed by atoms with Crippen LogP contribution in [0.5, 0.6) is 0 Å². The molecule has 6 heteroatoms. The highest BCUT2D eigenvalue weighted by atomic mass is 16.3. The fourth-order valence-electron chi connectivity index (χ4n) is 10.5. The second-order valence-electron chi connectivity index (χ2n) is 17.5. The van der Waals surface area contributed by atoms with Crippen LogP contribution < -0.4 is 5.56 Å². The third-order valence-corrected chi connectivity index (χ3v) is 13.7. The maximum atomic E-state index is 14.1. The van der Waals surface area contributed by atoms with Crippen LogP contribution in [0.4, 0.5) is 0 Å². The molecule has 0 N–H and O–H groups in total. The lowest BCUT2D eigenvalue weighted by atomic mass is 9.98. The van der Waals surface area contributed by atoms with Crippen molar-refractivity contribution in [3.05, 3.63) is 241 Å². The number of hydrogen-bond donors (Lipinski definition) is 0. The molecule has 0 radical (unpaired) electrons. The molecule has 0 atom stereocenters. The smallest absolute Gasteiger partial charge is 0.266 e. The molecule has 0 aliphatic carbocycles. The Morgan fingerprint density at radius 3 is 1.24 bits per heavy atom. The second kappa shape index (κ2) is 14.9. The predicted octanol–water partition coefficient (Wildman–Crippen LogP) is 15.5. The molecule has 0 saturated carbocycles. The molecular weight excluding hydrogens is 833 g/mol. The van der Waals surface area contributed by atoms with Crippen LogP contribution >= 0.6 is 0 Å². The third-order valence-electron chi connectivity index (χ3n) is 13.7. The molecule has 14 aromatic rings. The Morgan fingerprint density at radius 1 is 0.309 bits per heavy atom. The van der Waals surface area contributed by atoms with Crippen molar-refractivity contribution in [1.82, 2.24) is 18.7 Å². The average molecular weight is 871 g/mol. The first kappa shape index (κ1) is 38.1. The minimum Gasteiger partial charge on any atom is -0.456 e. The Labute approximate surface area is 389 Å². The second-order valence-corrected chi connectivity index (χ2v) is 17.5. The standard InChI is InChI=1S/C62H38N4O2/c67-62-48-21-10-12-22-54(48)63-61(66(62)46-18-8-3-9-19-46)43-28-33-60-53(38-43)52-37-42(27-32-59(52)68-60)41-26-31-58-51(36-41)50-35-40(25-30-57(50)65(58)45-16-6-2-7-17-45)39-24-29-56-49(34-39)47-20-11-13-23-55(47)64(56)44-14-4-1-5-15-44/h1-38H. The largest absolute Gasteiger partial charge is 0.456 e. The molecule has 0 fully saturated rings. The minimum atomic E-state index is -0.111. The van der Waals surface area contributed by atoms with Gasteiger partial charge in [0, 0.05) is 49.3 Å². The van der Waals surface area contributed by atoms with Crippen molar-refractivity contribution in [2.24, 2.45) is 0 Å². The summed E-state index contributed by atoms with van der Waals surface area (Å²) < 4.78 is 12.9. The van der Waals surface area contributed by atoms with E-state index in [1.165, 1.54) is 38.1 Å². The fourth-order valence-corrected chi connectivity index (χ4v) is 10.5. The van der Waals surface area contributed by atoms with Crippen molar-refractivity contribution in [1.29, 1.82) is 0 Å². The van der Waals surface area contributed by atoms with E-state index in [-0.39, 0.29) is 5.56 Å². The summed E-state index contributed by atoms with van der Waals surface area (Å²) in [5, 5.41) is 7.33. The van der Waals surface area contributed by atoms with Gasteiger partial charge in [-0.3, -0.25) is 9.36 Å². The van der Waals surface area contributed by atoms with Crippen molar-refractivity contribution in [2.45, 2.75) is 0 Å². The lowest BCUT2D eigenvalue weighted by Crippen LogP contribution is -2.21. The predicted molar refractivity (Wildman–Crippen MR) is 280 cm³/mol. The van der Waals surface area contributed by atoms with Crippen molar-refractivity contribution in [3.8, 4) is 50.7 Å². The molecule has 0 unspecified atom stereocenters. The number of benzene rings is 10. The van der Waals surface area contributed by atoms with E-state index >= 15 is 0 Å². The molecule has 0 aliphatic rings. The molecule has 318 valence electrons. The Bertz CT molecular complexity index is 4390. The number of para-hydroxylation sites is 5. The SMILES string of the molecule is O=c1c2ccccc2nc(-c2ccc3oc4ccc(-c5ccc6c(c5)c5cc(-c7ccc8c(c7)c7ccccc7n8-c7ccccc7)ccc5n6-c5ccccc5)cc4c3c2)n1-c1ccccc1. The van der Waals surface area contributed by atoms with Gasteiger partial charge >= 0.3 is 0 Å². The molecule has 0 bridgehead atoms. The Kier molecular flexibility index (Phi) is 8.33. The van der Waals surface area contributed by atoms with Gasteiger partial charge in [0.15, 0.2) is 0 Å². The maximum absolute atomic E-state index is 14.1. The summed E-state index contributed by atoms with van der Waals surface area (Å²) in [7, 11) is 0. The molecule has 0 aliphatic heterocycles. The van der Waals surface area contributed by atoms with Gasteiger partial charge < -0.3 is 13.6 Å². The number of rotatable bonds is 6. The van der Waals surface area contributed by atoms with E-state index in [0.29, 0.717) is 16.7 Å². The lowest BCUT2D eigenvalue weighted by molar-refractivity contribution is 0.669. The molecule has 0 spiro atoms. The van der Waals surface area contributed by atoms with Crippen LogP contribution in [-0.2, 0) is 0 Å². The first-order valence-electron chi connectivity index (χ1n) is 22.9. The van der Waals surface area contributed by atoms with Gasteiger partial charge in [-0.1, -0.05) is 109 Å². The molecule has 6 nitrogen and oxygen atoms in total. The van der Waals surface area contributed by atoms with Crippen molar-refractivity contribution >= 4 is 76.5 Å². The Hall–Kier alpha value is -9.26. The molecule has 0 amide bonds. The van der Waals surface area contributed by atoms with Crippen LogP contribution in [0, 0.1) is 0 Å². The minimum absolute atomic E-state index is 0.111. The highest BCUT2D eigenvalue weighted by Crippen LogP contribution is 2.41. The Morgan fingerprint density at radius 2 is 0.691 bits per heavy atom. The fraction of sp³-hybridized carbons (Fsp3) is 0. The monoisotopic (exact) mass is 870 g/mol. The number of aromatic nitrogens is 4. The quantitative estimate of drug-likeness (QED) is 0.167. The Balaban J connectivity index is 0.925. The molecule has 14 rings (SSSR count). The molecule has 4 aromatic heterocycles. The zero-order valence-corrected chi connectivity index (χ0v) is 36.5. The molecule has 4 heterocycles. The lowest BCUT2D eigenvalue weighted by Gasteiger charge is -2.14. The normalized spacial score (nSPS) is 11.9. The van der Waals surface area contributed by atoms with Gasteiger partial charge in [-0.2, -0.15) is 0 Å². The summed E-state index contributed by atoms with van der Waals surface area (Å²) in [6, 6.07) is 80.3. The van der Waals surface area contributed by atoms with Gasteiger partial charge in [-0.25, -0.2) is 4.98 Å². The van der Waals surface area contributed by atoms with Crippen LogP contribution in [0.2, 0.25) is 0 Å². The number of hydrogen-bond acceptors (Lipinski definition) is 3. The van der Waals surface area contributed by atoms with Gasteiger partial charge in [0.1, 0.15) is 17.0 Å². The molecule has 68 heavy (non-hydrogen) atoms. The first-order chi connectivity index (χ1) is 33.6. The summed E-state index contributed by atoms with van der Waals surface area (Å²) >= 11 is 0. The summed E-state index contributed by atoms with van der Waals surface area (Å²) in [6.45, 7) is 0. The highest BCUT2D eigenvalue weighted by molar-refractivity contribution is 6.14. The van der Waals surface area contributed by atoms with E-state index in [1.54, 1.807) is 4.57 Å². The summed E-state index contributed by atoms with van der Waals surface area (Å²) in [5.41, 5.74) is 15.1. The van der Waals surface area contributed by atoms with E-state index in [4.69, 9.17) is 9.40 Å². The zero-order chi connectivity index (χ0) is 44.9. The van der Waals surface area contributed by atoms with Crippen LogP contribution in [-0.4, -0.2) is 18.7 Å². The molecule has 10 aromatic carbocycles. The summed E-state index contributed by atoms with van der Waals surface area (Å²) in [6.07, 6.45) is 0. The van der Waals surface area contributed by atoms with Gasteiger partial charge in [-0.05, 0) is 144 Å². The van der Waals surface area contributed by atoms with E-state index in [9.17, 15) is 4.79 Å². The maximum Gasteiger partial charge on any atom is 0.266 e. The van der Waals surface area contributed by atoms with Gasteiger partial charge in [0.05, 0.1) is 38.7 Å². The van der Waals surface area contributed by atoms with Crippen LogP contribution in [0.1, 0.15) is 0 Å². The van der Waals surface area contributed by atoms with Gasteiger partial charge in [0.2, 0.25) is 0 Å². The topological polar surface area (TPSA) is 57.9 Å².